The molecule has 0 radical (unpaired) electrons. The molecular formula is C13H18N4. The second kappa shape index (κ2) is 6.18. The summed E-state index contributed by atoms with van der Waals surface area (Å²) in [5.41, 5.74) is 7.70. The maximum absolute atomic E-state index is 5.43. The number of aromatic nitrogens is 2. The smallest absolute Gasteiger partial charge is 0.0645 e. The van der Waals surface area contributed by atoms with E-state index in [4.69, 9.17) is 5.73 Å². The third kappa shape index (κ3) is 3.41. The topological polar surface area (TPSA) is 55.9 Å². The van der Waals surface area contributed by atoms with Crippen LogP contribution in [-0.2, 0) is 6.54 Å². The zero-order chi connectivity index (χ0) is 11.9. The number of nitrogens with zero attached hydrogens (tertiary/aromatic N) is 2. The van der Waals surface area contributed by atoms with Gasteiger partial charge in [0, 0.05) is 18.3 Å². The van der Waals surface area contributed by atoms with Gasteiger partial charge in [-0.25, -0.2) is 4.68 Å². The summed E-state index contributed by atoms with van der Waals surface area (Å²) in [7, 11) is 0. The summed E-state index contributed by atoms with van der Waals surface area (Å²) in [6.45, 7) is 2.52. The standard InChI is InChI=1S/C13H18N4/c14-7-4-8-15-9-12-10-16-17(11-12)13-5-2-1-3-6-13/h1-3,5-6,10-11,15H,4,7-9,14H2. The van der Waals surface area contributed by atoms with Crippen LogP contribution in [0, 0.1) is 0 Å². The lowest BCUT2D eigenvalue weighted by Crippen LogP contribution is -2.17. The summed E-state index contributed by atoms with van der Waals surface area (Å²) in [4.78, 5) is 0. The lowest BCUT2D eigenvalue weighted by Gasteiger charge is -2.01. The summed E-state index contributed by atoms with van der Waals surface area (Å²) in [5, 5.41) is 7.67. The molecule has 0 amide bonds. The minimum atomic E-state index is 0.732. The van der Waals surface area contributed by atoms with Gasteiger partial charge in [-0.1, -0.05) is 18.2 Å². The van der Waals surface area contributed by atoms with Crippen LogP contribution >= 0.6 is 0 Å². The van der Waals surface area contributed by atoms with E-state index in [1.165, 1.54) is 5.56 Å². The number of benzene rings is 1. The second-order valence-corrected chi connectivity index (χ2v) is 3.95. The van der Waals surface area contributed by atoms with E-state index in [0.717, 1.165) is 31.7 Å². The van der Waals surface area contributed by atoms with Gasteiger partial charge >= 0.3 is 0 Å². The van der Waals surface area contributed by atoms with Crippen molar-refractivity contribution in [2.24, 2.45) is 5.73 Å². The molecule has 0 aliphatic carbocycles. The van der Waals surface area contributed by atoms with Gasteiger partial charge in [0.1, 0.15) is 0 Å². The molecule has 0 atom stereocenters. The van der Waals surface area contributed by atoms with Gasteiger partial charge in [0.2, 0.25) is 0 Å². The van der Waals surface area contributed by atoms with Crippen LogP contribution in [-0.4, -0.2) is 22.9 Å². The predicted molar refractivity (Wildman–Crippen MR) is 68.9 cm³/mol. The second-order valence-electron chi connectivity index (χ2n) is 3.95. The fraction of sp³-hybridized carbons (Fsp3) is 0.308. The highest BCUT2D eigenvalue weighted by Gasteiger charge is 1.99. The molecule has 3 N–H and O–H groups in total. The molecule has 0 unspecified atom stereocenters. The number of rotatable bonds is 6. The highest BCUT2D eigenvalue weighted by molar-refractivity contribution is 5.30. The Balaban J connectivity index is 1.92. The van der Waals surface area contributed by atoms with Gasteiger partial charge in [-0.2, -0.15) is 5.10 Å². The Hall–Kier alpha value is -1.65. The van der Waals surface area contributed by atoms with Gasteiger partial charge in [0.05, 0.1) is 11.9 Å². The Morgan fingerprint density at radius 2 is 2.06 bits per heavy atom. The van der Waals surface area contributed by atoms with E-state index in [1.807, 2.05) is 47.4 Å². The van der Waals surface area contributed by atoms with E-state index >= 15 is 0 Å². The third-order valence-corrected chi connectivity index (χ3v) is 2.54. The third-order valence-electron chi connectivity index (χ3n) is 2.54. The molecule has 2 rings (SSSR count). The van der Waals surface area contributed by atoms with Crippen molar-refractivity contribution in [1.29, 1.82) is 0 Å². The fourth-order valence-corrected chi connectivity index (χ4v) is 1.63. The molecular weight excluding hydrogens is 212 g/mol. The summed E-state index contributed by atoms with van der Waals surface area (Å²) in [5.74, 6) is 0. The quantitative estimate of drug-likeness (QED) is 0.736. The molecule has 0 spiro atoms. The van der Waals surface area contributed by atoms with Crippen LogP contribution in [0.4, 0.5) is 0 Å². The Kier molecular flexibility index (Phi) is 4.30. The van der Waals surface area contributed by atoms with E-state index in [1.54, 1.807) is 0 Å². The Bertz CT molecular complexity index is 436. The molecule has 4 nitrogen and oxygen atoms in total. The molecule has 1 aromatic carbocycles. The Morgan fingerprint density at radius 3 is 2.82 bits per heavy atom. The largest absolute Gasteiger partial charge is 0.330 e. The van der Waals surface area contributed by atoms with E-state index in [9.17, 15) is 0 Å². The predicted octanol–water partition coefficient (Wildman–Crippen LogP) is 1.31. The summed E-state index contributed by atoms with van der Waals surface area (Å²) in [6, 6.07) is 10.1. The number of para-hydroxylation sites is 1. The van der Waals surface area contributed by atoms with Gasteiger partial charge < -0.3 is 11.1 Å². The maximum Gasteiger partial charge on any atom is 0.0645 e. The molecule has 0 saturated carbocycles. The first-order valence-electron chi connectivity index (χ1n) is 5.90. The average Bonchev–Trinajstić information content (AvgIpc) is 2.85. The molecule has 0 aliphatic rings. The van der Waals surface area contributed by atoms with E-state index < -0.39 is 0 Å². The Morgan fingerprint density at radius 1 is 1.24 bits per heavy atom. The van der Waals surface area contributed by atoms with Crippen molar-refractivity contribution >= 4 is 0 Å². The monoisotopic (exact) mass is 230 g/mol. The summed E-state index contributed by atoms with van der Waals surface area (Å²) >= 11 is 0. The summed E-state index contributed by atoms with van der Waals surface area (Å²) < 4.78 is 1.89. The van der Waals surface area contributed by atoms with Crippen molar-refractivity contribution in [3.63, 3.8) is 0 Å². The zero-order valence-corrected chi connectivity index (χ0v) is 9.84. The normalized spacial score (nSPS) is 10.6. The van der Waals surface area contributed by atoms with Crippen LogP contribution < -0.4 is 11.1 Å². The number of hydrogen-bond donors (Lipinski definition) is 2. The van der Waals surface area contributed by atoms with Crippen LogP contribution in [0.1, 0.15) is 12.0 Å². The highest BCUT2D eigenvalue weighted by Crippen LogP contribution is 2.07. The minimum Gasteiger partial charge on any atom is -0.330 e. The molecule has 0 bridgehead atoms. The molecule has 1 heterocycles. The minimum absolute atomic E-state index is 0.732. The molecule has 90 valence electrons. The van der Waals surface area contributed by atoms with E-state index in [0.29, 0.717) is 0 Å². The maximum atomic E-state index is 5.43. The van der Waals surface area contributed by atoms with Gasteiger partial charge in [-0.15, -0.1) is 0 Å². The Labute approximate surface area is 101 Å². The zero-order valence-electron chi connectivity index (χ0n) is 9.84. The lowest BCUT2D eigenvalue weighted by molar-refractivity contribution is 0.655. The van der Waals surface area contributed by atoms with Crippen molar-refractivity contribution < 1.29 is 0 Å². The van der Waals surface area contributed by atoms with Crippen LogP contribution in [0.15, 0.2) is 42.7 Å². The van der Waals surface area contributed by atoms with Crippen molar-refractivity contribution in [1.82, 2.24) is 15.1 Å². The molecule has 0 aliphatic heterocycles. The van der Waals surface area contributed by atoms with Crippen LogP contribution in [0.3, 0.4) is 0 Å². The highest BCUT2D eigenvalue weighted by atomic mass is 15.3. The van der Waals surface area contributed by atoms with Gasteiger partial charge in [-0.3, -0.25) is 0 Å². The molecule has 1 aromatic heterocycles. The molecule has 0 saturated heterocycles. The number of nitrogens with one attached hydrogen (secondary N) is 1. The first-order valence-corrected chi connectivity index (χ1v) is 5.90. The van der Waals surface area contributed by atoms with E-state index in [-0.39, 0.29) is 0 Å². The first-order chi connectivity index (χ1) is 8.40. The van der Waals surface area contributed by atoms with Crippen LogP contribution in [0.25, 0.3) is 5.69 Å². The first kappa shape index (κ1) is 11.8. The van der Waals surface area contributed by atoms with Crippen LogP contribution in [0.2, 0.25) is 0 Å². The molecule has 0 fully saturated rings. The van der Waals surface area contributed by atoms with Gasteiger partial charge in [0.15, 0.2) is 0 Å². The SMILES string of the molecule is NCCCNCc1cnn(-c2ccccc2)c1. The van der Waals surface area contributed by atoms with Crippen molar-refractivity contribution in [3.8, 4) is 5.69 Å². The summed E-state index contributed by atoms with van der Waals surface area (Å²) in [6.07, 6.45) is 4.94. The van der Waals surface area contributed by atoms with Crippen molar-refractivity contribution in [2.75, 3.05) is 13.1 Å². The van der Waals surface area contributed by atoms with Crippen molar-refractivity contribution in [2.45, 2.75) is 13.0 Å². The van der Waals surface area contributed by atoms with Crippen molar-refractivity contribution in [3.05, 3.63) is 48.3 Å². The van der Waals surface area contributed by atoms with E-state index in [2.05, 4.69) is 10.4 Å². The van der Waals surface area contributed by atoms with Crippen LogP contribution in [0.5, 0.6) is 0 Å². The molecule has 17 heavy (non-hydrogen) atoms. The molecule has 2 aromatic rings. The van der Waals surface area contributed by atoms with Gasteiger partial charge in [0.25, 0.3) is 0 Å². The lowest BCUT2D eigenvalue weighted by atomic mass is 10.3. The molecule has 4 heteroatoms. The number of hydrogen-bond acceptors (Lipinski definition) is 3. The number of nitrogens with two attached hydrogens (primary N) is 1. The average molecular weight is 230 g/mol. The fourth-order valence-electron chi connectivity index (χ4n) is 1.63. The van der Waals surface area contributed by atoms with Gasteiger partial charge in [-0.05, 0) is 31.6 Å².